The molecule has 2 heterocycles. The number of nitrogens with zero attached hydrogens (tertiary/aromatic N) is 2. The van der Waals surface area contributed by atoms with Gasteiger partial charge in [-0.25, -0.2) is 4.98 Å². The monoisotopic (exact) mass is 321 g/mol. The van der Waals surface area contributed by atoms with Crippen LogP contribution in [-0.2, 0) is 4.79 Å². The smallest absolute Gasteiger partial charge is 0.223 e. The van der Waals surface area contributed by atoms with E-state index in [0.717, 1.165) is 49.5 Å². The number of halogens is 1. The van der Waals surface area contributed by atoms with Crippen LogP contribution in [0.5, 0.6) is 0 Å². The van der Waals surface area contributed by atoms with Crippen molar-refractivity contribution in [3.63, 3.8) is 0 Å². The molecule has 1 aliphatic heterocycles. The van der Waals surface area contributed by atoms with Crippen LogP contribution in [0.15, 0.2) is 22.6 Å². The first kappa shape index (κ1) is 15.3. The fourth-order valence-electron chi connectivity index (χ4n) is 2.86. The first-order chi connectivity index (χ1) is 10.7. The van der Waals surface area contributed by atoms with Crippen LogP contribution in [0.4, 0.5) is 0 Å². The number of fused-ring (bicyclic) bond motifs is 1. The molecule has 118 valence electrons. The Hall–Kier alpha value is -1.59. The number of carbonyl (C=O) groups excluding carboxylic acids is 1. The molecule has 1 fully saturated rings. The summed E-state index contributed by atoms with van der Waals surface area (Å²) in [4.78, 5) is 18.5. The predicted molar refractivity (Wildman–Crippen MR) is 86.1 cm³/mol. The molecule has 3 rings (SSSR count). The number of piperidine rings is 1. The summed E-state index contributed by atoms with van der Waals surface area (Å²) in [6, 6.07) is 5.48. The van der Waals surface area contributed by atoms with E-state index in [1.165, 1.54) is 0 Å². The lowest BCUT2D eigenvalue weighted by atomic mass is 9.96. The summed E-state index contributed by atoms with van der Waals surface area (Å²) in [5.41, 5.74) is 1.57. The second-order valence-corrected chi connectivity index (χ2v) is 6.11. The first-order valence-corrected chi connectivity index (χ1v) is 8.03. The maximum Gasteiger partial charge on any atom is 0.223 e. The summed E-state index contributed by atoms with van der Waals surface area (Å²) >= 11 is 5.98. The Bertz CT molecular complexity index is 662. The molecule has 1 aromatic heterocycles. The van der Waals surface area contributed by atoms with E-state index in [-0.39, 0.29) is 11.8 Å². The van der Waals surface area contributed by atoms with Crippen molar-refractivity contribution < 1.29 is 9.21 Å². The molecule has 1 aromatic carbocycles. The predicted octanol–water partition coefficient (Wildman–Crippen LogP) is 2.80. The molecule has 1 saturated heterocycles. The number of oxazole rings is 1. The van der Waals surface area contributed by atoms with Gasteiger partial charge in [0.1, 0.15) is 5.52 Å². The van der Waals surface area contributed by atoms with Gasteiger partial charge in [-0.05, 0) is 38.1 Å². The Morgan fingerprint density at radius 1 is 1.45 bits per heavy atom. The average Bonchev–Trinajstić information content (AvgIpc) is 2.95. The van der Waals surface area contributed by atoms with Gasteiger partial charge in [0.05, 0.1) is 0 Å². The van der Waals surface area contributed by atoms with Crippen molar-refractivity contribution in [2.45, 2.75) is 25.2 Å². The molecular formula is C16H20ClN3O2. The van der Waals surface area contributed by atoms with Gasteiger partial charge in [-0.2, -0.15) is 0 Å². The van der Waals surface area contributed by atoms with E-state index in [2.05, 4.69) is 10.3 Å². The molecule has 1 amide bonds. The molecule has 0 saturated carbocycles. The van der Waals surface area contributed by atoms with Gasteiger partial charge in [0.25, 0.3) is 0 Å². The molecule has 0 radical (unpaired) electrons. The molecule has 0 aliphatic carbocycles. The van der Waals surface area contributed by atoms with Gasteiger partial charge >= 0.3 is 0 Å². The number of benzene rings is 1. The number of nitrogens with one attached hydrogen (secondary N) is 1. The van der Waals surface area contributed by atoms with E-state index in [1.54, 1.807) is 0 Å². The van der Waals surface area contributed by atoms with Crippen LogP contribution in [0.25, 0.3) is 11.1 Å². The van der Waals surface area contributed by atoms with E-state index in [0.29, 0.717) is 11.4 Å². The zero-order valence-corrected chi connectivity index (χ0v) is 13.4. The third kappa shape index (κ3) is 3.25. The van der Waals surface area contributed by atoms with Gasteiger partial charge in [-0.1, -0.05) is 11.6 Å². The van der Waals surface area contributed by atoms with Crippen LogP contribution in [0.2, 0.25) is 5.02 Å². The normalized spacial score (nSPS) is 16.4. The maximum absolute atomic E-state index is 12.0. The Kier molecular flexibility index (Phi) is 4.64. The summed E-state index contributed by atoms with van der Waals surface area (Å²) in [5, 5.41) is 3.67. The third-order valence-corrected chi connectivity index (χ3v) is 4.39. The highest BCUT2D eigenvalue weighted by Gasteiger charge is 2.26. The van der Waals surface area contributed by atoms with Crippen molar-refractivity contribution in [2.24, 2.45) is 0 Å². The van der Waals surface area contributed by atoms with E-state index < -0.39 is 0 Å². The molecule has 2 aromatic rings. The largest absolute Gasteiger partial charge is 0.440 e. The highest BCUT2D eigenvalue weighted by molar-refractivity contribution is 6.31. The second-order valence-electron chi connectivity index (χ2n) is 5.67. The fourth-order valence-corrected chi connectivity index (χ4v) is 3.03. The van der Waals surface area contributed by atoms with Crippen molar-refractivity contribution in [2.75, 3.05) is 26.7 Å². The Morgan fingerprint density at radius 3 is 2.95 bits per heavy atom. The molecule has 0 unspecified atom stereocenters. The minimum absolute atomic E-state index is 0.220. The molecule has 1 N–H and O–H groups in total. The molecule has 5 nitrogen and oxygen atoms in total. The maximum atomic E-state index is 12.0. The van der Waals surface area contributed by atoms with E-state index >= 15 is 0 Å². The number of likely N-dealkylation sites (tertiary alicyclic amines) is 1. The van der Waals surface area contributed by atoms with E-state index in [1.807, 2.05) is 30.1 Å². The molecule has 0 spiro atoms. The Balaban J connectivity index is 1.64. The van der Waals surface area contributed by atoms with Crippen molar-refractivity contribution in [1.29, 1.82) is 0 Å². The zero-order valence-electron chi connectivity index (χ0n) is 12.6. The Labute approximate surface area is 134 Å². The van der Waals surface area contributed by atoms with Gasteiger partial charge in [0.15, 0.2) is 11.5 Å². The fraction of sp³-hybridized carbons (Fsp3) is 0.500. The summed E-state index contributed by atoms with van der Waals surface area (Å²) in [6.07, 6.45) is 2.35. The summed E-state index contributed by atoms with van der Waals surface area (Å²) in [6.45, 7) is 2.27. The van der Waals surface area contributed by atoms with Crippen LogP contribution in [-0.4, -0.2) is 42.5 Å². The molecule has 0 bridgehead atoms. The summed E-state index contributed by atoms with van der Waals surface area (Å²) < 4.78 is 5.84. The summed E-state index contributed by atoms with van der Waals surface area (Å²) in [7, 11) is 1.86. The van der Waals surface area contributed by atoms with Gasteiger partial charge < -0.3 is 14.6 Å². The average molecular weight is 322 g/mol. The van der Waals surface area contributed by atoms with Crippen molar-refractivity contribution in [3.8, 4) is 0 Å². The number of carbonyl (C=O) groups is 1. The Morgan fingerprint density at radius 2 is 2.23 bits per heavy atom. The number of aromatic nitrogens is 1. The minimum Gasteiger partial charge on any atom is -0.440 e. The van der Waals surface area contributed by atoms with E-state index in [4.69, 9.17) is 16.0 Å². The standard InChI is InChI=1S/C16H20ClN3O2/c1-18-7-4-15(21)20-8-5-11(6-9-20)16-19-13-10-12(17)2-3-14(13)22-16/h2-3,10-11,18H,4-9H2,1H3. The van der Waals surface area contributed by atoms with Crippen LogP contribution in [0.1, 0.15) is 31.1 Å². The highest BCUT2D eigenvalue weighted by Crippen LogP contribution is 2.30. The third-order valence-electron chi connectivity index (χ3n) is 4.15. The number of hydrogen-bond acceptors (Lipinski definition) is 4. The van der Waals surface area contributed by atoms with Gasteiger partial charge in [0.2, 0.25) is 5.91 Å². The molecule has 0 atom stereocenters. The lowest BCUT2D eigenvalue weighted by molar-refractivity contribution is -0.132. The minimum atomic E-state index is 0.220. The molecule has 1 aliphatic rings. The van der Waals surface area contributed by atoms with Crippen LogP contribution in [0, 0.1) is 0 Å². The molecule has 22 heavy (non-hydrogen) atoms. The van der Waals surface area contributed by atoms with Crippen molar-refractivity contribution >= 4 is 28.6 Å². The van der Waals surface area contributed by atoms with Crippen molar-refractivity contribution in [3.05, 3.63) is 29.1 Å². The van der Waals surface area contributed by atoms with Gasteiger partial charge in [0, 0.05) is 37.0 Å². The van der Waals surface area contributed by atoms with Crippen LogP contribution in [0.3, 0.4) is 0 Å². The van der Waals surface area contributed by atoms with Crippen molar-refractivity contribution in [1.82, 2.24) is 15.2 Å². The molecular weight excluding hydrogens is 302 g/mol. The zero-order chi connectivity index (χ0) is 15.5. The van der Waals surface area contributed by atoms with Gasteiger partial charge in [-0.3, -0.25) is 4.79 Å². The lowest BCUT2D eigenvalue weighted by Crippen LogP contribution is -2.38. The number of rotatable bonds is 4. The van der Waals surface area contributed by atoms with Crippen LogP contribution < -0.4 is 5.32 Å². The molecule has 6 heteroatoms. The number of hydrogen-bond donors (Lipinski definition) is 1. The lowest BCUT2D eigenvalue weighted by Gasteiger charge is -2.30. The summed E-state index contributed by atoms with van der Waals surface area (Å²) in [5.74, 6) is 1.26. The quantitative estimate of drug-likeness (QED) is 0.940. The topological polar surface area (TPSA) is 58.4 Å². The highest BCUT2D eigenvalue weighted by atomic mass is 35.5. The second kappa shape index (κ2) is 6.67. The first-order valence-electron chi connectivity index (χ1n) is 7.65. The van der Waals surface area contributed by atoms with E-state index in [9.17, 15) is 4.79 Å². The van der Waals surface area contributed by atoms with Gasteiger partial charge in [-0.15, -0.1) is 0 Å². The SMILES string of the molecule is CNCCC(=O)N1CCC(c2nc3cc(Cl)ccc3o2)CC1. The number of amides is 1. The van der Waals surface area contributed by atoms with Crippen LogP contribution >= 0.6 is 11.6 Å².